The largest absolute Gasteiger partial charge is 0.494 e. The average Bonchev–Trinajstić information content (AvgIpc) is 3.25. The minimum atomic E-state index is -0.254. The maximum Gasteiger partial charge on any atom is 0.277 e. The van der Waals surface area contributed by atoms with Gasteiger partial charge in [0.25, 0.3) is 11.3 Å². The van der Waals surface area contributed by atoms with Gasteiger partial charge in [0.2, 0.25) is 11.9 Å². The molecule has 0 aliphatic carbocycles. The zero-order valence-corrected chi connectivity index (χ0v) is 19.9. The van der Waals surface area contributed by atoms with E-state index in [-0.39, 0.29) is 29.1 Å². The summed E-state index contributed by atoms with van der Waals surface area (Å²) in [6.07, 6.45) is 0.469. The zero-order chi connectivity index (χ0) is 24.2. The molecule has 0 aliphatic rings. The Morgan fingerprint density at radius 3 is 2.41 bits per heavy atom. The number of carbonyl (C=O) groups is 1. The van der Waals surface area contributed by atoms with Crippen molar-refractivity contribution in [2.45, 2.75) is 40.7 Å². The van der Waals surface area contributed by atoms with Crippen LogP contribution in [0, 0.1) is 12.8 Å². The highest BCUT2D eigenvalue weighted by atomic mass is 16.5. The van der Waals surface area contributed by atoms with Crippen LogP contribution < -0.4 is 15.2 Å². The average molecular weight is 460 g/mol. The standard InChI is InChI=1S/C26H29N5O3/c1-5-34-21-13-11-20(12-14-21)16-30(23(32)17(2)3)26-28-25-27-18(4)22(24(33)31(25)29-26)15-19-9-7-6-8-10-19/h6-14,17H,5,15-16H2,1-4H3,(H,27,28,29). The predicted molar refractivity (Wildman–Crippen MR) is 131 cm³/mol. The third-order valence-electron chi connectivity index (χ3n) is 5.60. The van der Waals surface area contributed by atoms with E-state index in [0.29, 0.717) is 30.8 Å². The number of aromatic nitrogens is 4. The normalized spacial score (nSPS) is 11.2. The lowest BCUT2D eigenvalue weighted by atomic mass is 10.1. The van der Waals surface area contributed by atoms with Crippen molar-refractivity contribution in [1.82, 2.24) is 19.6 Å². The van der Waals surface area contributed by atoms with Crippen LogP contribution in [0.25, 0.3) is 5.78 Å². The van der Waals surface area contributed by atoms with Gasteiger partial charge in [-0.05, 0) is 37.1 Å². The number of ether oxygens (including phenoxy) is 1. The summed E-state index contributed by atoms with van der Waals surface area (Å²) < 4.78 is 6.83. The van der Waals surface area contributed by atoms with Gasteiger partial charge in [-0.1, -0.05) is 56.3 Å². The van der Waals surface area contributed by atoms with Crippen LogP contribution in [0.4, 0.5) is 5.95 Å². The molecule has 176 valence electrons. The molecular weight excluding hydrogens is 430 g/mol. The smallest absolute Gasteiger partial charge is 0.277 e. The molecule has 0 atom stereocenters. The van der Waals surface area contributed by atoms with Crippen molar-refractivity contribution in [3.63, 3.8) is 0 Å². The number of nitrogens with zero attached hydrogens (tertiary/aromatic N) is 4. The molecule has 4 aromatic rings. The quantitative estimate of drug-likeness (QED) is 0.431. The number of rotatable bonds is 8. The van der Waals surface area contributed by atoms with E-state index in [9.17, 15) is 9.59 Å². The lowest BCUT2D eigenvalue weighted by molar-refractivity contribution is -0.121. The molecule has 0 radical (unpaired) electrons. The SMILES string of the molecule is CCOc1ccc(CN(C(=O)C(C)C)c2nc3nc(C)c(Cc4ccccc4)c(=O)n3[nH]2)cc1. The number of fused-ring (bicyclic) bond motifs is 1. The van der Waals surface area contributed by atoms with Crippen molar-refractivity contribution in [3.05, 3.63) is 87.3 Å². The van der Waals surface area contributed by atoms with E-state index >= 15 is 0 Å². The fourth-order valence-electron chi connectivity index (χ4n) is 3.78. The summed E-state index contributed by atoms with van der Waals surface area (Å²) >= 11 is 0. The Hall–Kier alpha value is -3.94. The molecule has 0 unspecified atom stereocenters. The fraction of sp³-hybridized carbons (Fsp3) is 0.308. The molecule has 1 amide bonds. The number of anilines is 1. The summed E-state index contributed by atoms with van der Waals surface area (Å²) in [5, 5.41) is 3.02. The van der Waals surface area contributed by atoms with Crippen LogP contribution in [-0.2, 0) is 17.8 Å². The van der Waals surface area contributed by atoms with E-state index in [1.165, 1.54) is 4.52 Å². The van der Waals surface area contributed by atoms with Gasteiger partial charge in [-0.15, -0.1) is 0 Å². The molecule has 0 saturated carbocycles. The molecule has 1 N–H and O–H groups in total. The zero-order valence-electron chi connectivity index (χ0n) is 19.9. The number of H-pyrrole nitrogens is 1. The maximum absolute atomic E-state index is 13.3. The molecule has 0 spiro atoms. The van der Waals surface area contributed by atoms with Gasteiger partial charge in [0.15, 0.2) is 0 Å². The highest BCUT2D eigenvalue weighted by molar-refractivity contribution is 5.93. The number of aromatic amines is 1. The second-order valence-corrected chi connectivity index (χ2v) is 8.48. The first-order chi connectivity index (χ1) is 16.4. The molecule has 0 aliphatic heterocycles. The van der Waals surface area contributed by atoms with Crippen molar-refractivity contribution in [3.8, 4) is 5.75 Å². The summed E-state index contributed by atoms with van der Waals surface area (Å²) in [5.41, 5.74) is 2.94. The van der Waals surface area contributed by atoms with E-state index in [1.807, 2.05) is 82.3 Å². The van der Waals surface area contributed by atoms with Crippen LogP contribution >= 0.6 is 0 Å². The van der Waals surface area contributed by atoms with Crippen molar-refractivity contribution in [2.24, 2.45) is 5.92 Å². The number of amides is 1. The van der Waals surface area contributed by atoms with Crippen molar-refractivity contribution < 1.29 is 9.53 Å². The highest BCUT2D eigenvalue weighted by Gasteiger charge is 2.24. The highest BCUT2D eigenvalue weighted by Crippen LogP contribution is 2.19. The molecule has 2 aromatic heterocycles. The molecule has 8 nitrogen and oxygen atoms in total. The second kappa shape index (κ2) is 9.91. The lowest BCUT2D eigenvalue weighted by Gasteiger charge is -2.21. The lowest BCUT2D eigenvalue weighted by Crippen LogP contribution is -2.34. The number of hydrogen-bond acceptors (Lipinski definition) is 5. The van der Waals surface area contributed by atoms with Gasteiger partial charge >= 0.3 is 0 Å². The Morgan fingerprint density at radius 2 is 1.76 bits per heavy atom. The van der Waals surface area contributed by atoms with E-state index in [1.54, 1.807) is 4.90 Å². The fourth-order valence-corrected chi connectivity index (χ4v) is 3.78. The Kier molecular flexibility index (Phi) is 6.77. The third-order valence-corrected chi connectivity index (χ3v) is 5.60. The molecule has 8 heteroatoms. The molecular formula is C26H29N5O3. The topological polar surface area (TPSA) is 92.6 Å². The first-order valence-corrected chi connectivity index (χ1v) is 11.4. The Bertz CT molecular complexity index is 1340. The third kappa shape index (κ3) is 4.85. The molecule has 0 saturated heterocycles. The van der Waals surface area contributed by atoms with Crippen LogP contribution in [0.3, 0.4) is 0 Å². The molecule has 0 fully saturated rings. The summed E-state index contributed by atoms with van der Waals surface area (Å²) in [6.45, 7) is 8.30. The first kappa shape index (κ1) is 23.2. The number of aryl methyl sites for hydroxylation is 1. The van der Waals surface area contributed by atoms with E-state index in [4.69, 9.17) is 4.74 Å². The summed E-state index contributed by atoms with van der Waals surface area (Å²) in [7, 11) is 0. The van der Waals surface area contributed by atoms with Gasteiger partial charge in [-0.3, -0.25) is 19.6 Å². The number of nitrogens with one attached hydrogen (secondary N) is 1. The minimum absolute atomic E-state index is 0.109. The van der Waals surface area contributed by atoms with Gasteiger partial charge in [0.1, 0.15) is 5.75 Å². The van der Waals surface area contributed by atoms with E-state index < -0.39 is 0 Å². The summed E-state index contributed by atoms with van der Waals surface area (Å²) in [4.78, 5) is 37.0. The molecule has 2 aromatic carbocycles. The van der Waals surface area contributed by atoms with Gasteiger partial charge in [-0.2, -0.15) is 9.50 Å². The van der Waals surface area contributed by atoms with Crippen LogP contribution in [0.15, 0.2) is 59.4 Å². The van der Waals surface area contributed by atoms with Gasteiger partial charge in [0.05, 0.1) is 18.8 Å². The van der Waals surface area contributed by atoms with E-state index in [0.717, 1.165) is 16.9 Å². The predicted octanol–water partition coefficient (Wildman–Crippen LogP) is 3.90. The monoisotopic (exact) mass is 459 g/mol. The summed E-state index contributed by atoms with van der Waals surface area (Å²) in [5.74, 6) is 0.933. The van der Waals surface area contributed by atoms with Crippen LogP contribution in [0.5, 0.6) is 5.75 Å². The Balaban J connectivity index is 1.71. The molecule has 34 heavy (non-hydrogen) atoms. The minimum Gasteiger partial charge on any atom is -0.494 e. The molecule has 4 rings (SSSR count). The summed E-state index contributed by atoms with van der Waals surface area (Å²) in [6, 6.07) is 17.4. The van der Waals surface area contributed by atoms with Crippen LogP contribution in [0.2, 0.25) is 0 Å². The van der Waals surface area contributed by atoms with Gasteiger partial charge in [0, 0.05) is 17.9 Å². The number of hydrogen-bond donors (Lipinski definition) is 1. The second-order valence-electron chi connectivity index (χ2n) is 8.48. The van der Waals surface area contributed by atoms with Crippen molar-refractivity contribution in [1.29, 1.82) is 0 Å². The van der Waals surface area contributed by atoms with Crippen LogP contribution in [-0.4, -0.2) is 32.1 Å². The number of carbonyl (C=O) groups excluding carboxylic acids is 1. The number of benzene rings is 2. The Morgan fingerprint density at radius 1 is 1.06 bits per heavy atom. The van der Waals surface area contributed by atoms with Gasteiger partial charge < -0.3 is 4.74 Å². The van der Waals surface area contributed by atoms with Crippen molar-refractivity contribution in [2.75, 3.05) is 11.5 Å². The molecule has 2 heterocycles. The van der Waals surface area contributed by atoms with Gasteiger partial charge in [-0.25, -0.2) is 4.98 Å². The molecule has 0 bridgehead atoms. The first-order valence-electron chi connectivity index (χ1n) is 11.4. The Labute approximate surface area is 198 Å². The van der Waals surface area contributed by atoms with Crippen molar-refractivity contribution >= 4 is 17.6 Å². The maximum atomic E-state index is 13.3. The van der Waals surface area contributed by atoms with Crippen LogP contribution in [0.1, 0.15) is 43.2 Å². The van der Waals surface area contributed by atoms with E-state index in [2.05, 4.69) is 15.1 Å².